The normalized spacial score (nSPS) is 10.4. The number of benzene rings is 1. The van der Waals surface area contributed by atoms with Crippen LogP contribution in [0, 0.1) is 13.8 Å². The number of hydrogen-bond acceptors (Lipinski definition) is 1. The van der Waals surface area contributed by atoms with Gasteiger partial charge in [-0.1, -0.05) is 22.0 Å². The first-order valence-electron chi connectivity index (χ1n) is 5.49. The molecular formula is C13H20BrN. The van der Waals surface area contributed by atoms with Gasteiger partial charge in [-0.15, -0.1) is 0 Å². The summed E-state index contributed by atoms with van der Waals surface area (Å²) in [6, 6.07) is 6.72. The molecule has 0 saturated carbocycles. The zero-order valence-corrected chi connectivity index (χ0v) is 11.5. The molecule has 0 heterocycles. The third kappa shape index (κ3) is 4.25. The molecule has 0 amide bonds. The Hall–Kier alpha value is -0.500. The van der Waals surface area contributed by atoms with E-state index in [1.165, 1.54) is 29.7 Å². The van der Waals surface area contributed by atoms with Crippen molar-refractivity contribution in [1.29, 1.82) is 0 Å². The van der Waals surface area contributed by atoms with Crippen LogP contribution in [0.2, 0.25) is 0 Å². The van der Waals surface area contributed by atoms with Crippen molar-refractivity contribution in [2.75, 3.05) is 23.8 Å². The lowest BCUT2D eigenvalue weighted by Gasteiger charge is -2.20. The molecule has 0 aliphatic rings. The van der Waals surface area contributed by atoms with Crippen molar-refractivity contribution >= 4 is 21.6 Å². The van der Waals surface area contributed by atoms with E-state index in [2.05, 4.69) is 59.9 Å². The van der Waals surface area contributed by atoms with Gasteiger partial charge in [-0.2, -0.15) is 0 Å². The summed E-state index contributed by atoms with van der Waals surface area (Å²) in [5.41, 5.74) is 4.02. The maximum atomic E-state index is 3.46. The smallest absolute Gasteiger partial charge is 0.0368 e. The number of anilines is 1. The Morgan fingerprint density at radius 2 is 1.67 bits per heavy atom. The third-order valence-electron chi connectivity index (χ3n) is 2.52. The van der Waals surface area contributed by atoms with Crippen LogP contribution in [0.1, 0.15) is 24.0 Å². The molecule has 2 heteroatoms. The minimum Gasteiger partial charge on any atom is -0.375 e. The molecule has 1 rings (SSSR count). The fraction of sp³-hybridized carbons (Fsp3) is 0.538. The monoisotopic (exact) mass is 269 g/mol. The number of alkyl halides is 1. The van der Waals surface area contributed by atoms with Crippen LogP contribution in [0.25, 0.3) is 0 Å². The van der Waals surface area contributed by atoms with E-state index in [0.717, 1.165) is 11.9 Å². The van der Waals surface area contributed by atoms with Crippen LogP contribution in [-0.4, -0.2) is 18.9 Å². The standard InChI is InChI=1S/C13H20BrN/c1-11-8-12(2)10-13(9-11)15(3)7-5-4-6-14/h8-10H,4-7H2,1-3H3. The van der Waals surface area contributed by atoms with Crippen molar-refractivity contribution in [3.8, 4) is 0 Å². The fourth-order valence-electron chi connectivity index (χ4n) is 1.74. The first-order chi connectivity index (χ1) is 7.13. The second kappa shape index (κ2) is 6.16. The fourth-order valence-corrected chi connectivity index (χ4v) is 2.14. The molecule has 1 aromatic carbocycles. The van der Waals surface area contributed by atoms with Gasteiger partial charge in [0.2, 0.25) is 0 Å². The lowest BCUT2D eigenvalue weighted by molar-refractivity contribution is 0.774. The molecule has 0 unspecified atom stereocenters. The lowest BCUT2D eigenvalue weighted by Crippen LogP contribution is -2.18. The van der Waals surface area contributed by atoms with Crippen LogP contribution in [-0.2, 0) is 0 Å². The highest BCUT2D eigenvalue weighted by molar-refractivity contribution is 9.09. The Balaban J connectivity index is 2.60. The molecule has 0 spiro atoms. The molecule has 0 aliphatic heterocycles. The molecule has 0 saturated heterocycles. The van der Waals surface area contributed by atoms with E-state index in [4.69, 9.17) is 0 Å². The predicted molar refractivity (Wildman–Crippen MR) is 72.2 cm³/mol. The van der Waals surface area contributed by atoms with Crippen LogP contribution in [0.4, 0.5) is 5.69 Å². The number of unbranched alkanes of at least 4 members (excludes halogenated alkanes) is 1. The summed E-state index contributed by atoms with van der Waals surface area (Å²) in [5, 5.41) is 1.10. The van der Waals surface area contributed by atoms with E-state index in [0.29, 0.717) is 0 Å². The first-order valence-corrected chi connectivity index (χ1v) is 6.61. The Kier molecular flexibility index (Phi) is 5.16. The van der Waals surface area contributed by atoms with Gasteiger partial charge in [-0.25, -0.2) is 0 Å². The third-order valence-corrected chi connectivity index (χ3v) is 3.09. The second-order valence-electron chi connectivity index (χ2n) is 4.16. The van der Waals surface area contributed by atoms with Crippen LogP contribution in [0.15, 0.2) is 18.2 Å². The topological polar surface area (TPSA) is 3.24 Å². The first kappa shape index (κ1) is 12.6. The van der Waals surface area contributed by atoms with Crippen LogP contribution in [0.3, 0.4) is 0 Å². The predicted octanol–water partition coefficient (Wildman–Crippen LogP) is 3.91. The SMILES string of the molecule is Cc1cc(C)cc(N(C)CCCCBr)c1. The van der Waals surface area contributed by atoms with Gasteiger partial charge in [0.05, 0.1) is 0 Å². The molecule has 84 valence electrons. The Bertz CT molecular complexity index is 289. The molecule has 0 radical (unpaired) electrons. The average Bonchev–Trinajstić information content (AvgIpc) is 2.16. The van der Waals surface area contributed by atoms with Crippen molar-refractivity contribution in [3.05, 3.63) is 29.3 Å². The van der Waals surface area contributed by atoms with E-state index < -0.39 is 0 Å². The highest BCUT2D eigenvalue weighted by Crippen LogP contribution is 2.17. The lowest BCUT2D eigenvalue weighted by atomic mass is 10.1. The zero-order valence-electron chi connectivity index (χ0n) is 9.89. The molecule has 0 fully saturated rings. The van der Waals surface area contributed by atoms with E-state index >= 15 is 0 Å². The van der Waals surface area contributed by atoms with Crippen molar-refractivity contribution < 1.29 is 0 Å². The zero-order chi connectivity index (χ0) is 11.3. The Morgan fingerprint density at radius 3 is 2.20 bits per heavy atom. The number of halogens is 1. The summed E-state index contributed by atoms with van der Waals surface area (Å²) in [6.07, 6.45) is 2.49. The van der Waals surface area contributed by atoms with Crippen molar-refractivity contribution in [2.24, 2.45) is 0 Å². The van der Waals surface area contributed by atoms with Gasteiger partial charge in [-0.05, 0) is 49.9 Å². The van der Waals surface area contributed by atoms with Gasteiger partial charge in [-0.3, -0.25) is 0 Å². The van der Waals surface area contributed by atoms with E-state index in [1.807, 2.05) is 0 Å². The van der Waals surface area contributed by atoms with Crippen LogP contribution >= 0.6 is 15.9 Å². The maximum Gasteiger partial charge on any atom is 0.0368 e. The van der Waals surface area contributed by atoms with E-state index in [-0.39, 0.29) is 0 Å². The van der Waals surface area contributed by atoms with Gasteiger partial charge in [0.1, 0.15) is 0 Å². The Morgan fingerprint density at radius 1 is 1.07 bits per heavy atom. The largest absolute Gasteiger partial charge is 0.375 e. The Labute approximate surface area is 102 Å². The molecular weight excluding hydrogens is 250 g/mol. The van der Waals surface area contributed by atoms with Gasteiger partial charge in [0.25, 0.3) is 0 Å². The number of hydrogen-bond donors (Lipinski definition) is 0. The molecule has 15 heavy (non-hydrogen) atoms. The van der Waals surface area contributed by atoms with Gasteiger partial charge >= 0.3 is 0 Å². The maximum absolute atomic E-state index is 3.46. The van der Waals surface area contributed by atoms with E-state index in [9.17, 15) is 0 Å². The van der Waals surface area contributed by atoms with Gasteiger partial charge in [0, 0.05) is 24.6 Å². The summed E-state index contributed by atoms with van der Waals surface area (Å²) in [6.45, 7) is 5.44. The molecule has 0 N–H and O–H groups in total. The summed E-state index contributed by atoms with van der Waals surface area (Å²) in [4.78, 5) is 2.34. The highest BCUT2D eigenvalue weighted by Gasteiger charge is 2.01. The average molecular weight is 270 g/mol. The van der Waals surface area contributed by atoms with Crippen LogP contribution in [0.5, 0.6) is 0 Å². The number of nitrogens with zero attached hydrogens (tertiary/aromatic N) is 1. The van der Waals surface area contributed by atoms with Gasteiger partial charge in [0.15, 0.2) is 0 Å². The quantitative estimate of drug-likeness (QED) is 0.579. The van der Waals surface area contributed by atoms with Crippen molar-refractivity contribution in [3.63, 3.8) is 0 Å². The van der Waals surface area contributed by atoms with Crippen LogP contribution < -0.4 is 4.90 Å². The summed E-state index contributed by atoms with van der Waals surface area (Å²) in [7, 11) is 2.17. The van der Waals surface area contributed by atoms with Crippen molar-refractivity contribution in [2.45, 2.75) is 26.7 Å². The number of aryl methyl sites for hydroxylation is 2. The summed E-state index contributed by atoms with van der Waals surface area (Å²) in [5.74, 6) is 0. The minimum absolute atomic E-state index is 1.10. The molecule has 0 aromatic heterocycles. The summed E-state index contributed by atoms with van der Waals surface area (Å²) >= 11 is 3.46. The molecule has 0 atom stereocenters. The highest BCUT2D eigenvalue weighted by atomic mass is 79.9. The summed E-state index contributed by atoms with van der Waals surface area (Å²) < 4.78 is 0. The van der Waals surface area contributed by atoms with Gasteiger partial charge < -0.3 is 4.90 Å². The number of rotatable bonds is 5. The van der Waals surface area contributed by atoms with Crippen molar-refractivity contribution in [1.82, 2.24) is 0 Å². The second-order valence-corrected chi connectivity index (χ2v) is 4.96. The van der Waals surface area contributed by atoms with E-state index in [1.54, 1.807) is 0 Å². The molecule has 1 aromatic rings. The molecule has 0 aliphatic carbocycles. The molecule has 1 nitrogen and oxygen atoms in total. The molecule has 0 bridgehead atoms. The minimum atomic E-state index is 1.10.